The van der Waals surface area contributed by atoms with Crippen molar-refractivity contribution < 1.29 is 28.4 Å². The van der Waals surface area contributed by atoms with Crippen molar-refractivity contribution in [2.45, 2.75) is 25.3 Å². The van der Waals surface area contributed by atoms with Crippen LogP contribution in [0.15, 0.2) is 66.7 Å². The normalized spacial score (nSPS) is 17.0. The van der Waals surface area contributed by atoms with Crippen molar-refractivity contribution in [1.82, 2.24) is 15.5 Å². The third kappa shape index (κ3) is 4.63. The Bertz CT molecular complexity index is 1470. The molecule has 3 aromatic carbocycles. The summed E-state index contributed by atoms with van der Waals surface area (Å²) in [5.74, 6) is -3.27. The fraction of sp³-hybridized carbons (Fsp3) is 0.179. The topological polar surface area (TPSA) is 113 Å². The summed E-state index contributed by atoms with van der Waals surface area (Å²) in [7, 11) is 0. The van der Waals surface area contributed by atoms with Crippen LogP contribution in [0.4, 0.5) is 4.39 Å². The Kier molecular flexibility index (Phi) is 6.35. The highest BCUT2D eigenvalue weighted by molar-refractivity contribution is 6.23. The average Bonchev–Trinajstić information content (AvgIpc) is 3.13. The van der Waals surface area contributed by atoms with Crippen molar-refractivity contribution >= 4 is 29.5 Å². The number of hydrogen-bond acceptors (Lipinski definition) is 5. The van der Waals surface area contributed by atoms with Gasteiger partial charge in [0.15, 0.2) is 0 Å². The molecule has 2 N–H and O–H groups in total. The van der Waals surface area contributed by atoms with Crippen molar-refractivity contribution in [3.8, 4) is 11.1 Å². The van der Waals surface area contributed by atoms with Crippen molar-refractivity contribution in [3.05, 3.63) is 94.8 Å². The Balaban J connectivity index is 1.30. The van der Waals surface area contributed by atoms with Crippen LogP contribution < -0.4 is 10.6 Å². The monoisotopic (exact) mass is 499 g/mol. The van der Waals surface area contributed by atoms with Crippen molar-refractivity contribution in [1.29, 1.82) is 0 Å². The molecule has 5 amide bonds. The molecule has 8 nitrogen and oxygen atoms in total. The van der Waals surface area contributed by atoms with Gasteiger partial charge in [0.05, 0.1) is 16.7 Å². The van der Waals surface area contributed by atoms with Crippen LogP contribution in [0.3, 0.4) is 0 Å². The van der Waals surface area contributed by atoms with E-state index in [1.165, 1.54) is 18.2 Å². The van der Waals surface area contributed by atoms with Gasteiger partial charge in [0, 0.05) is 13.0 Å². The number of piperidine rings is 1. The van der Waals surface area contributed by atoms with E-state index in [1.807, 2.05) is 24.3 Å². The predicted molar refractivity (Wildman–Crippen MR) is 131 cm³/mol. The maximum absolute atomic E-state index is 13.8. The fourth-order valence-electron chi connectivity index (χ4n) is 4.62. The molecule has 5 rings (SSSR count). The van der Waals surface area contributed by atoms with Crippen molar-refractivity contribution in [2.75, 3.05) is 6.54 Å². The number of nitrogens with zero attached hydrogens (tertiary/aromatic N) is 1. The molecular weight excluding hydrogens is 477 g/mol. The number of halogens is 1. The smallest absolute Gasteiger partial charge is 0.262 e. The number of nitrogens with one attached hydrogen (secondary N) is 2. The zero-order valence-electron chi connectivity index (χ0n) is 19.6. The Morgan fingerprint density at radius 1 is 0.919 bits per heavy atom. The molecule has 9 heteroatoms. The minimum Gasteiger partial charge on any atom is -0.352 e. The summed E-state index contributed by atoms with van der Waals surface area (Å²) >= 11 is 0. The van der Waals surface area contributed by atoms with Crippen LogP contribution in [-0.4, -0.2) is 47.0 Å². The van der Waals surface area contributed by atoms with E-state index in [0.717, 1.165) is 16.0 Å². The predicted octanol–water partition coefficient (Wildman–Crippen LogP) is 2.87. The number of carbonyl (C=O) groups excluding carboxylic acids is 5. The molecule has 186 valence electrons. The largest absolute Gasteiger partial charge is 0.352 e. The SMILES string of the molecule is O=C1CCC(N2C(=O)c3ccc(-c4cccc(CCNC(=O)c5ccccc5F)c4)cc3C2=O)C(=O)N1. The Morgan fingerprint density at radius 3 is 2.46 bits per heavy atom. The van der Waals surface area contributed by atoms with Crippen LogP contribution >= 0.6 is 0 Å². The van der Waals surface area contributed by atoms with Gasteiger partial charge in [0.2, 0.25) is 11.8 Å². The third-order valence-corrected chi connectivity index (χ3v) is 6.52. The third-order valence-electron chi connectivity index (χ3n) is 6.52. The van der Waals surface area contributed by atoms with Gasteiger partial charge in [-0.25, -0.2) is 4.39 Å². The number of imide groups is 2. The van der Waals surface area contributed by atoms with Crippen LogP contribution in [0.5, 0.6) is 0 Å². The second kappa shape index (κ2) is 9.77. The fourth-order valence-corrected chi connectivity index (χ4v) is 4.62. The van der Waals surface area contributed by atoms with Crippen molar-refractivity contribution in [3.63, 3.8) is 0 Å². The number of fused-ring (bicyclic) bond motifs is 1. The van der Waals surface area contributed by atoms with Crippen LogP contribution in [0.1, 0.15) is 49.5 Å². The summed E-state index contributed by atoms with van der Waals surface area (Å²) in [4.78, 5) is 62.9. The lowest BCUT2D eigenvalue weighted by Gasteiger charge is -2.27. The average molecular weight is 499 g/mol. The molecule has 1 saturated heterocycles. The number of hydrogen-bond donors (Lipinski definition) is 2. The summed E-state index contributed by atoms with van der Waals surface area (Å²) in [6.07, 6.45) is 0.654. The zero-order chi connectivity index (χ0) is 26.1. The second-order valence-electron chi connectivity index (χ2n) is 8.89. The molecule has 0 spiro atoms. The van der Waals surface area contributed by atoms with Crippen LogP contribution in [0.2, 0.25) is 0 Å². The first-order valence-corrected chi connectivity index (χ1v) is 11.8. The highest BCUT2D eigenvalue weighted by Gasteiger charge is 2.44. The van der Waals surface area contributed by atoms with Gasteiger partial charge < -0.3 is 5.32 Å². The minimum absolute atomic E-state index is 0.0139. The van der Waals surface area contributed by atoms with E-state index in [1.54, 1.807) is 24.3 Å². The molecule has 37 heavy (non-hydrogen) atoms. The van der Waals surface area contributed by atoms with E-state index in [9.17, 15) is 28.4 Å². The molecule has 2 aliphatic rings. The van der Waals surface area contributed by atoms with E-state index in [-0.39, 0.29) is 29.5 Å². The van der Waals surface area contributed by atoms with Gasteiger partial charge in [-0.2, -0.15) is 0 Å². The van der Waals surface area contributed by atoms with Gasteiger partial charge in [-0.1, -0.05) is 42.5 Å². The van der Waals surface area contributed by atoms with Crippen LogP contribution in [0.25, 0.3) is 11.1 Å². The molecule has 1 unspecified atom stereocenters. The molecule has 0 radical (unpaired) electrons. The molecule has 2 aliphatic heterocycles. The number of rotatable bonds is 6. The highest BCUT2D eigenvalue weighted by atomic mass is 19.1. The Hall–Kier alpha value is -4.66. The zero-order valence-corrected chi connectivity index (χ0v) is 19.6. The lowest BCUT2D eigenvalue weighted by atomic mass is 9.98. The first kappa shape index (κ1) is 24.1. The van der Waals surface area contributed by atoms with Gasteiger partial charge in [0.1, 0.15) is 11.9 Å². The van der Waals surface area contributed by atoms with Gasteiger partial charge in [-0.05, 0) is 53.8 Å². The second-order valence-corrected chi connectivity index (χ2v) is 8.89. The molecule has 0 aromatic heterocycles. The molecular formula is C28H22FN3O5. The van der Waals surface area contributed by atoms with E-state index >= 15 is 0 Å². The lowest BCUT2D eigenvalue weighted by molar-refractivity contribution is -0.136. The van der Waals surface area contributed by atoms with Crippen LogP contribution in [-0.2, 0) is 16.0 Å². The van der Waals surface area contributed by atoms with Gasteiger partial charge in [-0.3, -0.25) is 34.2 Å². The van der Waals surface area contributed by atoms with E-state index in [4.69, 9.17) is 0 Å². The quantitative estimate of drug-likeness (QED) is 0.507. The minimum atomic E-state index is -1.02. The lowest BCUT2D eigenvalue weighted by Crippen LogP contribution is -2.54. The molecule has 2 heterocycles. The van der Waals surface area contributed by atoms with E-state index in [0.29, 0.717) is 18.5 Å². The van der Waals surface area contributed by atoms with Gasteiger partial charge in [-0.15, -0.1) is 0 Å². The summed E-state index contributed by atoms with van der Waals surface area (Å²) in [6.45, 7) is 0.300. The van der Waals surface area contributed by atoms with Gasteiger partial charge in [0.25, 0.3) is 17.7 Å². The number of carbonyl (C=O) groups is 5. The summed E-state index contributed by atoms with van der Waals surface area (Å²) in [5.41, 5.74) is 2.84. The molecule has 1 fully saturated rings. The van der Waals surface area contributed by atoms with Crippen molar-refractivity contribution in [2.24, 2.45) is 0 Å². The Morgan fingerprint density at radius 2 is 1.68 bits per heavy atom. The maximum atomic E-state index is 13.8. The van der Waals surface area contributed by atoms with Crippen LogP contribution in [0, 0.1) is 5.82 Å². The number of benzene rings is 3. The molecule has 1 atom stereocenters. The summed E-state index contributed by atoms with van der Waals surface area (Å²) < 4.78 is 13.8. The first-order chi connectivity index (χ1) is 17.8. The molecule has 0 saturated carbocycles. The summed E-state index contributed by atoms with van der Waals surface area (Å²) in [6, 6.07) is 17.2. The highest BCUT2D eigenvalue weighted by Crippen LogP contribution is 2.31. The molecule has 3 aromatic rings. The maximum Gasteiger partial charge on any atom is 0.262 e. The summed E-state index contributed by atoms with van der Waals surface area (Å²) in [5, 5.41) is 4.90. The van der Waals surface area contributed by atoms with E-state index in [2.05, 4.69) is 10.6 Å². The number of amides is 5. The Labute approximate surface area is 211 Å². The molecule has 0 bridgehead atoms. The standard InChI is InChI=1S/C28H22FN3O5/c29-22-7-2-1-6-20(22)25(34)30-13-12-16-4-3-5-17(14-16)18-8-9-19-21(15-18)28(37)32(27(19)36)23-10-11-24(33)31-26(23)35/h1-9,14-15,23H,10-13H2,(H,30,34)(H,31,33,35). The van der Waals surface area contributed by atoms with E-state index < -0.39 is 41.4 Å². The van der Waals surface area contributed by atoms with Gasteiger partial charge >= 0.3 is 0 Å². The first-order valence-electron chi connectivity index (χ1n) is 11.8. The molecule has 0 aliphatic carbocycles.